The van der Waals surface area contributed by atoms with Gasteiger partial charge in [0, 0.05) is 6.54 Å². The van der Waals surface area contributed by atoms with Crippen LogP contribution in [0, 0.1) is 0 Å². The summed E-state index contributed by atoms with van der Waals surface area (Å²) in [5.41, 5.74) is 0. The van der Waals surface area contributed by atoms with Crippen LogP contribution in [-0.4, -0.2) is 29.7 Å². The normalized spacial score (nSPS) is 14.7. The highest BCUT2D eigenvalue weighted by molar-refractivity contribution is 6.33. The van der Waals surface area contributed by atoms with E-state index in [4.69, 9.17) is 27.9 Å². The molecule has 0 radical (unpaired) electrons. The molecule has 1 aromatic heterocycles. The third kappa shape index (κ3) is 2.11. The van der Waals surface area contributed by atoms with Gasteiger partial charge in [0.25, 0.3) is 0 Å². The van der Waals surface area contributed by atoms with Crippen LogP contribution in [-0.2, 0) is 0 Å². The second-order valence-electron chi connectivity index (χ2n) is 3.27. The van der Waals surface area contributed by atoms with Gasteiger partial charge in [-0.25, -0.2) is 4.98 Å². The fourth-order valence-corrected chi connectivity index (χ4v) is 2.00. The molecule has 6 heteroatoms. The first-order chi connectivity index (χ1) is 7.22. The lowest BCUT2D eigenvalue weighted by Crippen LogP contribution is -2.34. The van der Waals surface area contributed by atoms with Crippen LogP contribution in [0.4, 0.5) is 5.82 Å². The molecule has 2 heterocycles. The van der Waals surface area contributed by atoms with E-state index in [0.29, 0.717) is 18.2 Å². The van der Waals surface area contributed by atoms with Gasteiger partial charge in [0.15, 0.2) is 16.7 Å². The average molecular weight is 248 g/mol. The Morgan fingerprint density at radius 3 is 2.93 bits per heavy atom. The van der Waals surface area contributed by atoms with Crippen LogP contribution in [0.3, 0.4) is 0 Å². The van der Waals surface area contributed by atoms with Crippen LogP contribution in [0.15, 0.2) is 0 Å². The Balaban J connectivity index is 2.41. The largest absolute Gasteiger partial charge is 0.485 e. The maximum atomic E-state index is 5.93. The van der Waals surface area contributed by atoms with Crippen molar-refractivity contribution in [1.29, 1.82) is 0 Å². The number of anilines is 1. The Kier molecular flexibility index (Phi) is 3.17. The van der Waals surface area contributed by atoms with E-state index in [1.807, 2.05) is 0 Å². The van der Waals surface area contributed by atoms with Gasteiger partial charge in [-0.05, 0) is 18.0 Å². The van der Waals surface area contributed by atoms with Gasteiger partial charge in [0.05, 0.1) is 6.54 Å². The van der Waals surface area contributed by atoms with Crippen LogP contribution in [0.2, 0.25) is 10.4 Å². The minimum atomic E-state index is 0.158. The van der Waals surface area contributed by atoms with Gasteiger partial charge in [0.2, 0.25) is 5.28 Å². The Hall–Kier alpha value is -0.740. The lowest BCUT2D eigenvalue weighted by molar-refractivity contribution is 0.303. The fourth-order valence-electron chi connectivity index (χ4n) is 1.58. The first-order valence-corrected chi connectivity index (χ1v) is 5.58. The highest BCUT2D eigenvalue weighted by Gasteiger charge is 2.23. The molecule has 0 saturated carbocycles. The van der Waals surface area contributed by atoms with Crippen molar-refractivity contribution in [3.8, 4) is 5.75 Å². The van der Waals surface area contributed by atoms with Crippen LogP contribution in [0.25, 0.3) is 0 Å². The number of nitrogens with zero attached hydrogens (tertiary/aromatic N) is 3. The zero-order chi connectivity index (χ0) is 10.8. The van der Waals surface area contributed by atoms with Gasteiger partial charge in [-0.3, -0.25) is 0 Å². The number of ether oxygens (including phenoxy) is 1. The van der Waals surface area contributed by atoms with Crippen molar-refractivity contribution in [3.05, 3.63) is 10.4 Å². The molecule has 0 amide bonds. The van der Waals surface area contributed by atoms with Gasteiger partial charge < -0.3 is 9.64 Å². The molecular weight excluding hydrogens is 237 g/mol. The Morgan fingerprint density at radius 1 is 1.40 bits per heavy atom. The summed E-state index contributed by atoms with van der Waals surface area (Å²) in [5.74, 6) is 1.24. The second-order valence-corrected chi connectivity index (χ2v) is 3.97. The molecule has 0 bridgehead atoms. The first kappa shape index (κ1) is 10.8. The average Bonchev–Trinajstić information content (AvgIpc) is 2.19. The molecule has 0 saturated heterocycles. The monoisotopic (exact) mass is 247 g/mol. The van der Waals surface area contributed by atoms with E-state index in [1.165, 1.54) is 0 Å². The second kappa shape index (κ2) is 4.41. The summed E-state index contributed by atoms with van der Waals surface area (Å²) in [6, 6.07) is 0. The van der Waals surface area contributed by atoms with Gasteiger partial charge in [-0.1, -0.05) is 18.5 Å². The molecule has 0 aliphatic carbocycles. The summed E-state index contributed by atoms with van der Waals surface area (Å²) < 4.78 is 5.43. The van der Waals surface area contributed by atoms with Crippen molar-refractivity contribution in [2.45, 2.75) is 13.3 Å². The molecule has 2 rings (SSSR count). The molecule has 0 N–H and O–H groups in total. The van der Waals surface area contributed by atoms with Gasteiger partial charge in [-0.15, -0.1) is 0 Å². The Morgan fingerprint density at radius 2 is 2.20 bits per heavy atom. The van der Waals surface area contributed by atoms with Gasteiger partial charge in [0.1, 0.15) is 6.61 Å². The topological polar surface area (TPSA) is 38.2 Å². The summed E-state index contributed by atoms with van der Waals surface area (Å²) >= 11 is 11.7. The lowest BCUT2D eigenvalue weighted by Gasteiger charge is -2.29. The SMILES string of the molecule is CCCN1CCOc2c(Cl)nc(Cl)nc21. The highest BCUT2D eigenvalue weighted by Crippen LogP contribution is 2.35. The number of rotatable bonds is 2. The molecule has 0 fully saturated rings. The van der Waals surface area contributed by atoms with E-state index < -0.39 is 0 Å². The van der Waals surface area contributed by atoms with Crippen molar-refractivity contribution >= 4 is 29.0 Å². The number of halogens is 2. The molecule has 82 valence electrons. The summed E-state index contributed by atoms with van der Waals surface area (Å²) in [6.07, 6.45) is 1.04. The van der Waals surface area contributed by atoms with E-state index in [9.17, 15) is 0 Å². The number of hydrogen-bond donors (Lipinski definition) is 0. The zero-order valence-electron chi connectivity index (χ0n) is 8.33. The summed E-state index contributed by atoms with van der Waals surface area (Å²) in [5, 5.41) is 0.441. The standard InChI is InChI=1S/C9H11Cl2N3O/c1-2-3-14-4-5-15-6-7(10)12-9(11)13-8(6)14/h2-5H2,1H3. The third-order valence-electron chi connectivity index (χ3n) is 2.18. The highest BCUT2D eigenvalue weighted by atomic mass is 35.5. The molecule has 0 aromatic carbocycles. The van der Waals surface area contributed by atoms with Crippen LogP contribution in [0.1, 0.15) is 13.3 Å². The summed E-state index contributed by atoms with van der Waals surface area (Å²) in [6.45, 7) is 4.45. The molecule has 1 aliphatic heterocycles. The Bertz CT molecular complexity index is 373. The van der Waals surface area contributed by atoms with Crippen LogP contribution < -0.4 is 9.64 Å². The van der Waals surface area contributed by atoms with Crippen molar-refractivity contribution in [2.75, 3.05) is 24.6 Å². The Labute approximate surface area is 98.2 Å². The molecule has 4 nitrogen and oxygen atoms in total. The van der Waals surface area contributed by atoms with E-state index in [1.54, 1.807) is 0 Å². The van der Waals surface area contributed by atoms with Crippen LogP contribution in [0.5, 0.6) is 5.75 Å². The molecule has 0 unspecified atom stereocenters. The first-order valence-electron chi connectivity index (χ1n) is 4.83. The number of hydrogen-bond acceptors (Lipinski definition) is 4. The van der Waals surface area contributed by atoms with E-state index in [-0.39, 0.29) is 10.4 Å². The van der Waals surface area contributed by atoms with E-state index in [2.05, 4.69) is 21.8 Å². The maximum Gasteiger partial charge on any atom is 0.226 e. The molecule has 0 atom stereocenters. The molecule has 1 aliphatic rings. The van der Waals surface area contributed by atoms with Crippen molar-refractivity contribution in [2.24, 2.45) is 0 Å². The third-order valence-corrected chi connectivity index (χ3v) is 2.60. The van der Waals surface area contributed by atoms with Gasteiger partial charge >= 0.3 is 0 Å². The van der Waals surface area contributed by atoms with Crippen molar-refractivity contribution in [1.82, 2.24) is 9.97 Å². The van der Waals surface area contributed by atoms with Gasteiger partial charge in [-0.2, -0.15) is 4.98 Å². The maximum absolute atomic E-state index is 5.93. The van der Waals surface area contributed by atoms with E-state index >= 15 is 0 Å². The number of fused-ring (bicyclic) bond motifs is 1. The molecule has 15 heavy (non-hydrogen) atoms. The quantitative estimate of drug-likeness (QED) is 0.595. The molecular formula is C9H11Cl2N3O. The number of aromatic nitrogens is 2. The smallest absolute Gasteiger partial charge is 0.226 e. The fraction of sp³-hybridized carbons (Fsp3) is 0.556. The van der Waals surface area contributed by atoms with Crippen molar-refractivity contribution < 1.29 is 4.74 Å². The lowest BCUT2D eigenvalue weighted by atomic mass is 10.3. The van der Waals surface area contributed by atoms with E-state index in [0.717, 1.165) is 19.5 Å². The molecule has 1 aromatic rings. The minimum Gasteiger partial charge on any atom is -0.485 e. The zero-order valence-corrected chi connectivity index (χ0v) is 9.85. The summed E-state index contributed by atoms with van der Waals surface area (Å²) in [7, 11) is 0. The predicted octanol–water partition coefficient (Wildman–Crippen LogP) is 2.39. The summed E-state index contributed by atoms with van der Waals surface area (Å²) in [4.78, 5) is 10.1. The minimum absolute atomic E-state index is 0.158. The van der Waals surface area contributed by atoms with Crippen LogP contribution >= 0.6 is 23.2 Å². The van der Waals surface area contributed by atoms with Crippen molar-refractivity contribution in [3.63, 3.8) is 0 Å². The predicted molar refractivity (Wildman–Crippen MR) is 60.1 cm³/mol. The molecule has 0 spiro atoms.